The average molecular weight is 289 g/mol. The normalized spacial score (nSPS) is 11.7. The Labute approximate surface area is 110 Å². The van der Waals surface area contributed by atoms with Gasteiger partial charge in [0.15, 0.2) is 11.7 Å². The van der Waals surface area contributed by atoms with Gasteiger partial charge in [0.2, 0.25) is 5.71 Å². The van der Waals surface area contributed by atoms with E-state index in [0.717, 1.165) is 12.1 Å². The van der Waals surface area contributed by atoms with Crippen LogP contribution in [-0.2, 0) is 0 Å². The lowest BCUT2D eigenvalue weighted by molar-refractivity contribution is -0.274. The predicted octanol–water partition coefficient (Wildman–Crippen LogP) is 1.95. The fourth-order valence-electron chi connectivity index (χ4n) is 1.05. The molecule has 0 bridgehead atoms. The summed E-state index contributed by atoms with van der Waals surface area (Å²) in [6, 6.07) is 3.75. The van der Waals surface area contributed by atoms with Gasteiger partial charge in [-0.05, 0) is 12.1 Å². The number of hydrogen-bond acceptors (Lipinski definition) is 5. The zero-order valence-electron chi connectivity index (χ0n) is 9.62. The smallest absolute Gasteiger partial charge is 0.406 e. The van der Waals surface area contributed by atoms with E-state index in [4.69, 9.17) is 16.4 Å². The van der Waals surface area contributed by atoms with E-state index in [1.165, 1.54) is 6.07 Å². The monoisotopic (exact) mass is 289 g/mol. The number of nitrogens with two attached hydrogens (primary N) is 1. The summed E-state index contributed by atoms with van der Waals surface area (Å²) in [7, 11) is 0. The lowest BCUT2D eigenvalue weighted by atomic mass is 10.3. The second kappa shape index (κ2) is 5.87. The Morgan fingerprint density at radius 3 is 2.55 bits per heavy atom. The minimum atomic E-state index is -4.93. The standard InChI is InChI=1S/C10H7F4N5O/c11-6-3-5(20-10(12,13)14)1-2-7(6)18-19-8(4-15)9(16)17/h1-3,18H,(H3,16,17)/b19-8+. The zero-order chi connectivity index (χ0) is 15.3. The topological polar surface area (TPSA) is 107 Å². The zero-order valence-corrected chi connectivity index (χ0v) is 9.62. The molecule has 0 aliphatic carbocycles. The van der Waals surface area contributed by atoms with E-state index in [0.29, 0.717) is 6.07 Å². The second-order valence-electron chi connectivity index (χ2n) is 3.29. The van der Waals surface area contributed by atoms with Crippen LogP contribution in [0.1, 0.15) is 0 Å². The summed E-state index contributed by atoms with van der Waals surface area (Å²) >= 11 is 0. The number of nitrogens with zero attached hydrogens (tertiary/aromatic N) is 2. The lowest BCUT2D eigenvalue weighted by Gasteiger charge is -2.10. The Morgan fingerprint density at radius 1 is 1.45 bits per heavy atom. The first-order valence-electron chi connectivity index (χ1n) is 4.86. The first-order valence-corrected chi connectivity index (χ1v) is 4.86. The van der Waals surface area contributed by atoms with E-state index >= 15 is 0 Å². The van der Waals surface area contributed by atoms with Crippen molar-refractivity contribution < 1.29 is 22.3 Å². The molecule has 6 nitrogen and oxygen atoms in total. The highest BCUT2D eigenvalue weighted by Crippen LogP contribution is 2.26. The number of anilines is 1. The largest absolute Gasteiger partial charge is 0.573 e. The summed E-state index contributed by atoms with van der Waals surface area (Å²) in [5.74, 6) is -2.47. The van der Waals surface area contributed by atoms with Crippen molar-refractivity contribution >= 4 is 17.2 Å². The van der Waals surface area contributed by atoms with Crippen LogP contribution in [0.4, 0.5) is 23.2 Å². The fraction of sp³-hybridized carbons (Fsp3) is 0.100. The maximum atomic E-state index is 13.4. The molecule has 0 unspecified atom stereocenters. The van der Waals surface area contributed by atoms with Crippen molar-refractivity contribution in [3.63, 3.8) is 0 Å². The number of alkyl halides is 3. The molecule has 0 atom stereocenters. The molecular weight excluding hydrogens is 282 g/mol. The lowest BCUT2D eigenvalue weighted by Crippen LogP contribution is -2.22. The van der Waals surface area contributed by atoms with Gasteiger partial charge in [0.1, 0.15) is 11.8 Å². The second-order valence-corrected chi connectivity index (χ2v) is 3.29. The maximum Gasteiger partial charge on any atom is 0.573 e. The summed E-state index contributed by atoms with van der Waals surface area (Å²) in [6.07, 6.45) is -4.93. The third-order valence-electron chi connectivity index (χ3n) is 1.82. The van der Waals surface area contributed by atoms with E-state index in [1.54, 1.807) is 0 Å². The summed E-state index contributed by atoms with van der Waals surface area (Å²) in [4.78, 5) is 0. The van der Waals surface area contributed by atoms with Crippen molar-refractivity contribution in [2.24, 2.45) is 10.8 Å². The number of benzene rings is 1. The molecular formula is C10H7F4N5O. The molecule has 0 spiro atoms. The highest BCUT2D eigenvalue weighted by atomic mass is 19.4. The van der Waals surface area contributed by atoms with Crippen molar-refractivity contribution in [3.8, 4) is 11.8 Å². The van der Waals surface area contributed by atoms with Crippen LogP contribution in [0, 0.1) is 22.6 Å². The SMILES string of the molecule is N#C/C(=N\Nc1ccc(OC(F)(F)F)cc1F)C(=N)N. The summed E-state index contributed by atoms with van der Waals surface area (Å²) < 4.78 is 52.7. The average Bonchev–Trinajstić information content (AvgIpc) is 2.29. The van der Waals surface area contributed by atoms with Gasteiger partial charge in [0, 0.05) is 6.07 Å². The van der Waals surface area contributed by atoms with Gasteiger partial charge in [0.05, 0.1) is 5.69 Å². The van der Waals surface area contributed by atoms with Gasteiger partial charge in [-0.25, -0.2) is 4.39 Å². The van der Waals surface area contributed by atoms with Gasteiger partial charge in [-0.1, -0.05) is 0 Å². The van der Waals surface area contributed by atoms with E-state index in [9.17, 15) is 17.6 Å². The molecule has 0 saturated carbocycles. The summed E-state index contributed by atoms with van der Waals surface area (Å²) in [5.41, 5.74) is 6.25. The van der Waals surface area contributed by atoms with Crippen molar-refractivity contribution in [1.82, 2.24) is 0 Å². The van der Waals surface area contributed by atoms with Crippen molar-refractivity contribution in [3.05, 3.63) is 24.0 Å². The molecule has 0 fully saturated rings. The summed E-state index contributed by atoms with van der Waals surface area (Å²) in [5, 5.41) is 18.8. The number of ether oxygens (including phenoxy) is 1. The van der Waals surface area contributed by atoms with Crippen molar-refractivity contribution in [2.45, 2.75) is 6.36 Å². The van der Waals surface area contributed by atoms with E-state index < -0.39 is 29.5 Å². The molecule has 0 amide bonds. The molecule has 4 N–H and O–H groups in total. The molecule has 0 radical (unpaired) electrons. The van der Waals surface area contributed by atoms with Gasteiger partial charge in [0.25, 0.3) is 0 Å². The van der Waals surface area contributed by atoms with Gasteiger partial charge in [-0.3, -0.25) is 10.8 Å². The van der Waals surface area contributed by atoms with E-state index in [-0.39, 0.29) is 5.69 Å². The van der Waals surface area contributed by atoms with Crippen LogP contribution in [0.2, 0.25) is 0 Å². The third-order valence-corrected chi connectivity index (χ3v) is 1.82. The number of halogens is 4. The van der Waals surface area contributed by atoms with Gasteiger partial charge in [-0.2, -0.15) is 10.4 Å². The van der Waals surface area contributed by atoms with Crippen LogP contribution in [0.25, 0.3) is 0 Å². The Kier molecular flexibility index (Phi) is 4.47. The van der Waals surface area contributed by atoms with Crippen molar-refractivity contribution in [1.29, 1.82) is 10.7 Å². The van der Waals surface area contributed by atoms with Gasteiger partial charge >= 0.3 is 6.36 Å². The molecule has 1 rings (SSSR count). The number of hydrogen-bond donors (Lipinski definition) is 3. The van der Waals surface area contributed by atoms with Crippen LogP contribution in [0.3, 0.4) is 0 Å². The van der Waals surface area contributed by atoms with Crippen LogP contribution in [-0.4, -0.2) is 17.9 Å². The first-order chi connectivity index (χ1) is 9.23. The molecule has 10 heteroatoms. The van der Waals surface area contributed by atoms with Crippen LogP contribution < -0.4 is 15.9 Å². The molecule has 106 valence electrons. The number of rotatable bonds is 4. The minimum absolute atomic E-state index is 0.312. The molecule has 0 aromatic heterocycles. The third kappa shape index (κ3) is 4.45. The molecule has 0 aliphatic heterocycles. The Morgan fingerprint density at radius 2 is 2.10 bits per heavy atom. The van der Waals surface area contributed by atoms with Crippen molar-refractivity contribution in [2.75, 3.05) is 5.43 Å². The van der Waals surface area contributed by atoms with E-state index in [1.807, 2.05) is 0 Å². The maximum absolute atomic E-state index is 13.4. The number of nitrogens with one attached hydrogen (secondary N) is 2. The Balaban J connectivity index is 2.90. The van der Waals surface area contributed by atoms with Crippen LogP contribution >= 0.6 is 0 Å². The highest BCUT2D eigenvalue weighted by molar-refractivity contribution is 6.45. The number of hydrazone groups is 1. The number of nitriles is 1. The Hall–Kier alpha value is -2.83. The quantitative estimate of drug-likeness (QED) is 0.341. The van der Waals surface area contributed by atoms with Crippen LogP contribution in [0.5, 0.6) is 5.75 Å². The van der Waals surface area contributed by atoms with Gasteiger partial charge < -0.3 is 10.5 Å². The first kappa shape index (κ1) is 15.2. The molecule has 0 saturated heterocycles. The van der Waals surface area contributed by atoms with Gasteiger partial charge in [-0.15, -0.1) is 13.2 Å². The molecule has 0 heterocycles. The minimum Gasteiger partial charge on any atom is -0.406 e. The predicted molar refractivity (Wildman–Crippen MR) is 61.7 cm³/mol. The Bertz CT molecular complexity index is 590. The molecule has 20 heavy (non-hydrogen) atoms. The molecule has 1 aromatic rings. The summed E-state index contributed by atoms with van der Waals surface area (Å²) in [6.45, 7) is 0. The number of amidine groups is 1. The molecule has 0 aliphatic rings. The van der Waals surface area contributed by atoms with E-state index in [2.05, 4.69) is 15.3 Å². The molecule has 1 aromatic carbocycles. The van der Waals surface area contributed by atoms with Crippen LogP contribution in [0.15, 0.2) is 23.3 Å². The highest BCUT2D eigenvalue weighted by Gasteiger charge is 2.31. The fourth-order valence-corrected chi connectivity index (χ4v) is 1.05.